The summed E-state index contributed by atoms with van der Waals surface area (Å²) in [4.78, 5) is 7.57. The van der Waals surface area contributed by atoms with Crippen LogP contribution in [0.3, 0.4) is 0 Å². The minimum atomic E-state index is -4.85. The number of hydrogen-bond acceptors (Lipinski definition) is 6. The molecule has 0 amide bonds. The second kappa shape index (κ2) is 8.85. The molecule has 0 bridgehead atoms. The molecule has 36 heavy (non-hydrogen) atoms. The lowest BCUT2D eigenvalue weighted by molar-refractivity contribution is 0.459. The normalized spacial score (nSPS) is 16.9. The smallest absolute Gasteiger partial charge is 0.345 e. The Balaban J connectivity index is 1.69. The molecule has 0 saturated carbocycles. The minimum absolute atomic E-state index is 0.111. The molecule has 0 aliphatic carbocycles. The van der Waals surface area contributed by atoms with Gasteiger partial charge in [0.25, 0.3) is 0 Å². The molecule has 4 aromatic rings. The van der Waals surface area contributed by atoms with E-state index in [-0.39, 0.29) is 21.9 Å². The fraction of sp³-hybridized carbons (Fsp3) is 0.0400. The summed E-state index contributed by atoms with van der Waals surface area (Å²) in [5.41, 5.74) is 7.29. The van der Waals surface area contributed by atoms with Crippen LogP contribution in [0.25, 0.3) is 0 Å². The highest BCUT2D eigenvalue weighted by Gasteiger charge is 2.43. The number of aromatic nitrogens is 1. The molecule has 2 heterocycles. The molecule has 0 saturated heterocycles. The van der Waals surface area contributed by atoms with Crippen molar-refractivity contribution in [2.75, 3.05) is 0 Å². The summed E-state index contributed by atoms with van der Waals surface area (Å²) in [5.74, 6) is -2.50. The van der Waals surface area contributed by atoms with Crippen LogP contribution < -0.4 is 9.92 Å². The third kappa shape index (κ3) is 3.99. The standard InChI is InChI=1S/C25H15Cl2F2N3O3S/c26-21-12-15(13-22(27)31-21)25(18-8-2-1-7-17(18)24(30)32-25)14-5-3-6-16(11-14)35-36(33,34)23-19(28)9-4-10-20(23)29/h1-13H,(H2,30,32). The van der Waals surface area contributed by atoms with Gasteiger partial charge in [0.2, 0.25) is 0 Å². The van der Waals surface area contributed by atoms with Gasteiger partial charge >= 0.3 is 10.1 Å². The first-order valence-electron chi connectivity index (χ1n) is 10.4. The first kappa shape index (κ1) is 24.2. The average molecular weight is 546 g/mol. The van der Waals surface area contributed by atoms with Gasteiger partial charge in [0.1, 0.15) is 39.1 Å². The molecule has 1 atom stereocenters. The van der Waals surface area contributed by atoms with Crippen LogP contribution in [0.15, 0.2) is 88.8 Å². The maximum Gasteiger partial charge on any atom is 0.345 e. The first-order chi connectivity index (χ1) is 17.1. The Hall–Kier alpha value is -3.53. The lowest BCUT2D eigenvalue weighted by atomic mass is 9.78. The SMILES string of the molecule is NC1=NC(c2cccc(OS(=O)(=O)c3c(F)cccc3F)c2)(c2cc(Cl)nc(Cl)c2)c2ccccc21. The number of nitrogens with zero attached hydrogens (tertiary/aromatic N) is 2. The van der Waals surface area contributed by atoms with Crippen molar-refractivity contribution in [1.82, 2.24) is 4.98 Å². The van der Waals surface area contributed by atoms with Crippen LogP contribution >= 0.6 is 23.2 Å². The lowest BCUT2D eigenvalue weighted by Gasteiger charge is -2.29. The van der Waals surface area contributed by atoms with Gasteiger partial charge in [-0.15, -0.1) is 0 Å². The topological polar surface area (TPSA) is 94.6 Å². The molecule has 1 aliphatic heterocycles. The number of pyridine rings is 1. The second-order valence-electron chi connectivity index (χ2n) is 7.87. The zero-order valence-corrected chi connectivity index (χ0v) is 20.5. The Kier molecular flexibility index (Phi) is 5.94. The van der Waals surface area contributed by atoms with E-state index in [0.29, 0.717) is 22.3 Å². The van der Waals surface area contributed by atoms with Gasteiger partial charge in [-0.2, -0.15) is 8.42 Å². The summed E-state index contributed by atoms with van der Waals surface area (Å²) >= 11 is 12.4. The van der Waals surface area contributed by atoms with Crippen molar-refractivity contribution in [3.63, 3.8) is 0 Å². The van der Waals surface area contributed by atoms with E-state index in [0.717, 1.165) is 18.2 Å². The van der Waals surface area contributed by atoms with Crippen molar-refractivity contribution >= 4 is 39.2 Å². The number of fused-ring (bicyclic) bond motifs is 1. The highest BCUT2D eigenvalue weighted by Crippen LogP contribution is 2.47. The number of nitrogens with two attached hydrogens (primary N) is 1. The van der Waals surface area contributed by atoms with Gasteiger partial charge in [-0.25, -0.2) is 18.8 Å². The van der Waals surface area contributed by atoms with Gasteiger partial charge < -0.3 is 9.92 Å². The number of benzene rings is 3. The summed E-state index contributed by atoms with van der Waals surface area (Å²) in [7, 11) is -4.85. The van der Waals surface area contributed by atoms with Crippen molar-refractivity contribution in [2.45, 2.75) is 10.4 Å². The van der Waals surface area contributed by atoms with Crippen LogP contribution in [0.4, 0.5) is 8.78 Å². The fourth-order valence-corrected chi connectivity index (χ4v) is 5.78. The molecule has 182 valence electrons. The Bertz CT molecular complexity index is 1620. The van der Waals surface area contributed by atoms with Gasteiger partial charge in [0, 0.05) is 5.56 Å². The highest BCUT2D eigenvalue weighted by molar-refractivity contribution is 7.87. The van der Waals surface area contributed by atoms with Crippen LogP contribution in [0.1, 0.15) is 22.3 Å². The highest BCUT2D eigenvalue weighted by atomic mass is 35.5. The molecule has 3 aromatic carbocycles. The number of hydrogen-bond donors (Lipinski definition) is 1. The predicted molar refractivity (Wildman–Crippen MR) is 132 cm³/mol. The van der Waals surface area contributed by atoms with Gasteiger partial charge in [-0.3, -0.25) is 0 Å². The summed E-state index contributed by atoms with van der Waals surface area (Å²) in [5, 5.41) is 0.222. The molecule has 0 radical (unpaired) electrons. The van der Waals surface area contributed by atoms with Gasteiger partial charge in [-0.1, -0.05) is 65.7 Å². The summed E-state index contributed by atoms with van der Waals surface area (Å²) in [6, 6.07) is 19.0. The zero-order valence-electron chi connectivity index (χ0n) is 18.1. The predicted octanol–water partition coefficient (Wildman–Crippen LogP) is 5.45. The van der Waals surface area contributed by atoms with E-state index in [2.05, 4.69) is 4.98 Å². The molecule has 6 nitrogen and oxygen atoms in total. The van der Waals surface area contributed by atoms with E-state index in [1.54, 1.807) is 36.4 Å². The third-order valence-corrected chi connectivity index (χ3v) is 7.38. The lowest BCUT2D eigenvalue weighted by Crippen LogP contribution is -2.26. The monoisotopic (exact) mass is 545 g/mol. The molecule has 5 rings (SSSR count). The number of amidine groups is 1. The largest absolute Gasteiger partial charge is 0.383 e. The van der Waals surface area contributed by atoms with Gasteiger partial charge in [-0.05, 0) is 53.1 Å². The van der Waals surface area contributed by atoms with Crippen LogP contribution in [0.2, 0.25) is 10.3 Å². The molecule has 0 spiro atoms. The number of rotatable bonds is 5. The average Bonchev–Trinajstić information content (AvgIpc) is 3.12. The fourth-order valence-electron chi connectivity index (χ4n) is 4.27. The van der Waals surface area contributed by atoms with Crippen LogP contribution in [-0.4, -0.2) is 19.2 Å². The van der Waals surface area contributed by atoms with Gasteiger partial charge in [0.15, 0.2) is 4.90 Å². The molecule has 2 N–H and O–H groups in total. The van der Waals surface area contributed by atoms with Crippen molar-refractivity contribution in [2.24, 2.45) is 10.7 Å². The molecular weight excluding hydrogens is 531 g/mol. The Morgan fingerprint density at radius 3 is 2.17 bits per heavy atom. The van der Waals surface area contributed by atoms with E-state index < -0.39 is 32.2 Å². The van der Waals surface area contributed by atoms with Crippen molar-refractivity contribution in [3.05, 3.63) is 123 Å². The summed E-state index contributed by atoms with van der Waals surface area (Å²) in [6.07, 6.45) is 0. The van der Waals surface area contributed by atoms with E-state index in [1.807, 2.05) is 6.07 Å². The van der Waals surface area contributed by atoms with E-state index in [1.165, 1.54) is 18.2 Å². The molecule has 1 aliphatic rings. The minimum Gasteiger partial charge on any atom is -0.383 e. The Morgan fingerprint density at radius 1 is 0.833 bits per heavy atom. The number of halogens is 4. The summed E-state index contributed by atoms with van der Waals surface area (Å²) in [6.45, 7) is 0. The molecule has 0 fully saturated rings. The Morgan fingerprint density at radius 2 is 1.47 bits per heavy atom. The maximum atomic E-state index is 14.2. The van der Waals surface area contributed by atoms with Crippen molar-refractivity contribution in [3.8, 4) is 5.75 Å². The quantitative estimate of drug-likeness (QED) is 0.266. The van der Waals surface area contributed by atoms with Gasteiger partial charge in [0.05, 0.1) is 0 Å². The summed E-state index contributed by atoms with van der Waals surface area (Å²) < 4.78 is 59.0. The Labute approximate surface area is 215 Å². The zero-order chi connectivity index (χ0) is 25.7. The van der Waals surface area contributed by atoms with Crippen molar-refractivity contribution in [1.29, 1.82) is 0 Å². The second-order valence-corrected chi connectivity index (χ2v) is 10.1. The molecular formula is C25H15Cl2F2N3O3S. The van der Waals surface area contributed by atoms with E-state index in [4.69, 9.17) is 38.1 Å². The number of aliphatic imine (C=N–C) groups is 1. The first-order valence-corrected chi connectivity index (χ1v) is 12.6. The van der Waals surface area contributed by atoms with E-state index in [9.17, 15) is 17.2 Å². The molecule has 11 heteroatoms. The van der Waals surface area contributed by atoms with E-state index >= 15 is 0 Å². The van der Waals surface area contributed by atoms with Crippen molar-refractivity contribution < 1.29 is 21.4 Å². The van der Waals surface area contributed by atoms with Crippen LogP contribution in [0.5, 0.6) is 5.75 Å². The molecule has 1 unspecified atom stereocenters. The van der Waals surface area contributed by atoms with Crippen LogP contribution in [-0.2, 0) is 15.7 Å². The van der Waals surface area contributed by atoms with Crippen LogP contribution in [0, 0.1) is 11.6 Å². The molecule has 1 aromatic heterocycles. The third-order valence-electron chi connectivity index (χ3n) is 5.69. The maximum absolute atomic E-state index is 14.2.